The minimum Gasteiger partial charge on any atom is -0.339 e. The molecule has 0 aliphatic carbocycles. The topological polar surface area (TPSA) is 49.8 Å². The van der Waals surface area contributed by atoms with Gasteiger partial charge in [0.25, 0.3) is 0 Å². The van der Waals surface area contributed by atoms with Crippen LogP contribution in [0, 0.1) is 0 Å². The lowest BCUT2D eigenvalue weighted by Crippen LogP contribution is -2.00. The van der Waals surface area contributed by atoms with Gasteiger partial charge in [-0.2, -0.15) is 0 Å². The Morgan fingerprint density at radius 2 is 0.804 bits per heavy atom. The molecule has 2 aromatic heterocycles. The molecule has 7 aromatic rings. The van der Waals surface area contributed by atoms with E-state index in [9.17, 15) is 4.20 Å². The number of aromatic nitrogens is 2. The minimum absolute atomic E-state index is 0.776. The van der Waals surface area contributed by atoms with E-state index < -0.39 is 8.23 Å². The first-order chi connectivity index (χ1) is 22.5. The molecule has 2 heterocycles. The third-order valence-corrected chi connectivity index (χ3v) is 7.15. The molecule has 0 saturated heterocycles. The number of rotatable bonds is 6. The highest BCUT2D eigenvalue weighted by molar-refractivity contribution is 7.50. The quantitative estimate of drug-likeness (QED) is 0.181. The zero-order valence-corrected chi connectivity index (χ0v) is 27.5. The molecule has 46 heavy (non-hydrogen) atoms. The van der Waals surface area contributed by atoms with Crippen LogP contribution in [-0.4, -0.2) is 23.3 Å². The van der Waals surface area contributed by atoms with Gasteiger partial charge in [0.05, 0.1) is 19.6 Å². The highest BCUT2D eigenvalue weighted by Crippen LogP contribution is 2.30. The summed E-state index contributed by atoms with van der Waals surface area (Å²) < 4.78 is 11.1. The molecule has 0 aliphatic heterocycles. The van der Waals surface area contributed by atoms with Crippen molar-refractivity contribution in [3.05, 3.63) is 146 Å². The molecule has 0 saturated carbocycles. The molecule has 230 valence electrons. The van der Waals surface area contributed by atoms with Gasteiger partial charge in [-0.25, -0.2) is 14.2 Å². The first-order valence-corrected chi connectivity index (χ1v) is 17.5. The van der Waals surface area contributed by atoms with Crippen LogP contribution in [0.3, 0.4) is 0 Å². The zero-order chi connectivity index (χ0) is 32.3. The van der Waals surface area contributed by atoms with Gasteiger partial charge in [-0.1, -0.05) is 98.8 Å². The maximum absolute atomic E-state index is 11.1. The van der Waals surface area contributed by atoms with Crippen LogP contribution >= 0.6 is 8.23 Å². The van der Waals surface area contributed by atoms with Crippen LogP contribution in [0.4, 0.5) is 27.2 Å². The summed E-state index contributed by atoms with van der Waals surface area (Å²) in [4.78, 5) is 9.38. The van der Waals surface area contributed by atoms with Gasteiger partial charge in [0, 0.05) is 23.5 Å². The Morgan fingerprint density at radius 3 is 1.17 bits per heavy atom. The van der Waals surface area contributed by atoms with Crippen molar-refractivity contribution in [2.75, 3.05) is 24.0 Å². The second kappa shape index (κ2) is 15.7. The predicted octanol–water partition coefficient (Wildman–Crippen LogP) is 12.2. The predicted molar refractivity (Wildman–Crippen MR) is 199 cm³/mol. The molecular weight excluding hydrogens is 586 g/mol. The molecule has 7 rings (SSSR count). The van der Waals surface area contributed by atoms with Crippen molar-refractivity contribution < 1.29 is 4.20 Å². The van der Waals surface area contributed by atoms with Gasteiger partial charge >= 0.3 is 0 Å². The van der Waals surface area contributed by atoms with Crippen LogP contribution in [0.1, 0.15) is 13.8 Å². The van der Waals surface area contributed by atoms with Crippen LogP contribution in [0.2, 0.25) is 0 Å². The monoisotopic (exact) mass is 624 g/mol. The number of anilines is 4. The molecule has 6 heteroatoms. The van der Waals surface area contributed by atoms with Crippen molar-refractivity contribution in [2.24, 2.45) is 0 Å². The number of halogens is 1. The molecule has 0 unspecified atom stereocenters. The fraction of sp³-hybridized carbons (Fsp3) is 0.100. The van der Waals surface area contributed by atoms with E-state index in [0.717, 1.165) is 45.3 Å². The van der Waals surface area contributed by atoms with Crippen LogP contribution in [0.5, 0.6) is 0 Å². The summed E-state index contributed by atoms with van der Waals surface area (Å²) in [6, 6.07) is 46.1. The first kappa shape index (κ1) is 32.3. The third-order valence-electron chi connectivity index (χ3n) is 7.15. The van der Waals surface area contributed by atoms with Gasteiger partial charge in [-0.3, -0.25) is 0 Å². The molecule has 2 N–H and O–H groups in total. The van der Waals surface area contributed by atoms with Crippen LogP contribution < -0.4 is 10.6 Å². The van der Waals surface area contributed by atoms with Crippen molar-refractivity contribution in [1.82, 2.24) is 9.97 Å². The molecule has 5 aromatic carbocycles. The number of pyridine rings is 2. The van der Waals surface area contributed by atoms with Crippen molar-refractivity contribution in [3.63, 3.8) is 0 Å². The molecule has 4 nitrogen and oxygen atoms in total. The molecule has 0 amide bonds. The molecule has 0 aliphatic rings. The summed E-state index contributed by atoms with van der Waals surface area (Å²) in [5.41, 5.74) is 6.32. The van der Waals surface area contributed by atoms with Gasteiger partial charge in [0.15, 0.2) is 0 Å². The van der Waals surface area contributed by atoms with E-state index in [1.807, 2.05) is 62.6 Å². The van der Waals surface area contributed by atoms with Gasteiger partial charge in [-0.15, -0.1) is 0 Å². The van der Waals surface area contributed by atoms with Gasteiger partial charge in [0.2, 0.25) is 0 Å². The normalized spacial score (nSPS) is 10.5. The number of hydrogen-bond acceptors (Lipinski definition) is 4. The number of hydrogen-bond donors (Lipinski definition) is 2. The summed E-state index contributed by atoms with van der Waals surface area (Å²) >= 11 is 0. The smallest absolute Gasteiger partial charge is 0.130 e. The lowest BCUT2D eigenvalue weighted by molar-refractivity contribution is 0.906. The summed E-state index contributed by atoms with van der Waals surface area (Å²) in [6.45, 7) is 7.13. The average molecular weight is 625 g/mol. The molecule has 0 radical (unpaired) electrons. The van der Waals surface area contributed by atoms with E-state index in [1.165, 1.54) is 21.5 Å². The fourth-order valence-electron chi connectivity index (χ4n) is 4.99. The Labute approximate surface area is 272 Å². The molecular formula is C40H38FN4P. The van der Waals surface area contributed by atoms with Crippen LogP contribution in [0.25, 0.3) is 43.8 Å². The SMILES string of the molecule is CC.CP(C)F.c1ccc(Nc2ccc(-c3ccc4ccccc4c3)cn2)c(Nc2ccc(-c3ccc4ccccc4c3)cn2)c1. The van der Waals surface area contributed by atoms with Crippen molar-refractivity contribution >= 4 is 52.8 Å². The third kappa shape index (κ3) is 8.32. The van der Waals surface area contributed by atoms with E-state index in [1.54, 1.807) is 13.3 Å². The lowest BCUT2D eigenvalue weighted by Gasteiger charge is -2.14. The van der Waals surface area contributed by atoms with Gasteiger partial charge in [-0.05, 0) is 94.5 Å². The average Bonchev–Trinajstić information content (AvgIpc) is 3.10. The Morgan fingerprint density at radius 1 is 0.457 bits per heavy atom. The van der Waals surface area contributed by atoms with E-state index in [-0.39, 0.29) is 0 Å². The zero-order valence-electron chi connectivity index (χ0n) is 26.6. The number of para-hydroxylation sites is 2. The Hall–Kier alpha value is -5.12. The summed E-state index contributed by atoms with van der Waals surface area (Å²) in [7, 11) is -1.12. The van der Waals surface area contributed by atoms with Crippen molar-refractivity contribution in [2.45, 2.75) is 13.8 Å². The summed E-state index contributed by atoms with van der Waals surface area (Å²) in [5.74, 6) is 1.55. The molecule has 0 atom stereocenters. The molecule has 0 fully saturated rings. The number of nitrogens with zero attached hydrogens (tertiary/aromatic N) is 2. The minimum atomic E-state index is -1.12. The number of nitrogens with one attached hydrogen (secondary N) is 2. The second-order valence-corrected chi connectivity index (χ2v) is 12.1. The number of benzene rings is 5. The maximum atomic E-state index is 11.1. The largest absolute Gasteiger partial charge is 0.339 e. The first-order valence-electron chi connectivity index (χ1n) is 15.4. The van der Waals surface area contributed by atoms with Gasteiger partial charge in [0.1, 0.15) is 11.6 Å². The Balaban J connectivity index is 0.000000647. The second-order valence-electron chi connectivity index (χ2n) is 10.6. The van der Waals surface area contributed by atoms with E-state index in [0.29, 0.717) is 0 Å². The molecule has 0 spiro atoms. The molecule has 0 bridgehead atoms. The highest BCUT2D eigenvalue weighted by Gasteiger charge is 2.07. The fourth-order valence-corrected chi connectivity index (χ4v) is 4.99. The van der Waals surface area contributed by atoms with Crippen LogP contribution in [-0.2, 0) is 0 Å². The lowest BCUT2D eigenvalue weighted by atomic mass is 10.0. The summed E-state index contributed by atoms with van der Waals surface area (Å²) in [5, 5.41) is 11.8. The maximum Gasteiger partial charge on any atom is 0.130 e. The van der Waals surface area contributed by atoms with Crippen LogP contribution in [0.15, 0.2) is 146 Å². The highest BCUT2D eigenvalue weighted by atomic mass is 31.2. The van der Waals surface area contributed by atoms with E-state index >= 15 is 0 Å². The van der Waals surface area contributed by atoms with Crippen molar-refractivity contribution in [1.29, 1.82) is 0 Å². The Kier molecular flexibility index (Phi) is 11.0. The summed E-state index contributed by atoms with van der Waals surface area (Å²) in [6.07, 6.45) is 3.82. The van der Waals surface area contributed by atoms with E-state index in [4.69, 9.17) is 9.97 Å². The van der Waals surface area contributed by atoms with Crippen molar-refractivity contribution in [3.8, 4) is 22.3 Å². The number of fused-ring (bicyclic) bond motifs is 2. The standard InChI is InChI=1S/C36H26N4.C2H6FP.C2H6/c1-3-9-27-21-29(15-13-25(27)7-1)31-17-19-35(37-23-31)39-33-11-5-6-12-34(33)40-36-20-18-32(24-38-36)30-16-14-26-8-2-4-10-28(26)22-30;1-4(2)3;1-2/h1-24H,(H,37,39)(H,38,40);1-2H3;1-2H3. The van der Waals surface area contributed by atoms with Gasteiger partial charge < -0.3 is 10.6 Å². The van der Waals surface area contributed by atoms with E-state index in [2.05, 4.69) is 108 Å². The Bertz CT molecular complexity index is 1860.